The molecule has 0 aliphatic carbocycles. The van der Waals surface area contributed by atoms with Gasteiger partial charge in [-0.25, -0.2) is 4.39 Å². The van der Waals surface area contributed by atoms with Crippen molar-refractivity contribution in [2.24, 2.45) is 0 Å². The summed E-state index contributed by atoms with van der Waals surface area (Å²) in [6.07, 6.45) is 0.969. The molecule has 0 aliphatic heterocycles. The zero-order valence-corrected chi connectivity index (χ0v) is 10.3. The predicted molar refractivity (Wildman–Crippen MR) is 61.2 cm³/mol. The summed E-state index contributed by atoms with van der Waals surface area (Å²) in [4.78, 5) is 0. The molecule has 0 N–H and O–H groups in total. The Bertz CT molecular complexity index is 248. The second-order valence-electron chi connectivity index (χ2n) is 2.20. The van der Waals surface area contributed by atoms with Crippen molar-refractivity contribution in [3.05, 3.63) is 30.7 Å². The van der Waals surface area contributed by atoms with Gasteiger partial charge in [-0.2, -0.15) is 0 Å². The van der Waals surface area contributed by atoms with E-state index in [1.807, 2.05) is 0 Å². The van der Waals surface area contributed by atoms with E-state index in [2.05, 4.69) is 52.1 Å². The van der Waals surface area contributed by atoms with Gasteiger partial charge in [0.25, 0.3) is 0 Å². The molecule has 0 aliphatic rings. The van der Waals surface area contributed by atoms with Crippen LogP contribution < -0.4 is 0 Å². The molecule has 0 atom stereocenters. The van der Waals surface area contributed by atoms with E-state index in [1.54, 1.807) is 12.1 Å². The fraction of sp³-hybridized carbons (Fsp3) is 0.250. The lowest BCUT2D eigenvalue weighted by Gasteiger charge is -2.03. The molecule has 0 unspecified atom stereocenters. The molecule has 0 fully saturated rings. The molecule has 0 radical (unpaired) electrons. The van der Waals surface area contributed by atoms with Crippen LogP contribution in [0.25, 0.3) is 0 Å². The van der Waals surface area contributed by atoms with E-state index in [4.69, 9.17) is 0 Å². The molecule has 0 saturated carbocycles. The van der Waals surface area contributed by atoms with Crippen LogP contribution in [0.1, 0.15) is 12.5 Å². The maximum atomic E-state index is 12.7. The van der Waals surface area contributed by atoms with Crippen LogP contribution in [0.3, 0.4) is 0 Å². The van der Waals surface area contributed by atoms with E-state index < -0.39 is 0 Å². The smallest absolute Gasteiger partial charge is 0.125 e. The number of halogens is 3. The fourth-order valence-electron chi connectivity index (χ4n) is 0.910. The topological polar surface area (TPSA) is 0 Å². The summed E-state index contributed by atoms with van der Waals surface area (Å²) >= 11 is 4.33. The van der Waals surface area contributed by atoms with Crippen LogP contribution in [0, 0.1) is 13.0 Å². The van der Waals surface area contributed by atoms with Gasteiger partial charge in [-0.3, -0.25) is 0 Å². The summed E-state index contributed by atoms with van der Waals surface area (Å²) < 4.78 is 14.8. The minimum atomic E-state index is -0.143. The van der Waals surface area contributed by atoms with Crippen LogP contribution in [0.15, 0.2) is 12.1 Å². The van der Waals surface area contributed by atoms with Crippen molar-refractivity contribution in [1.29, 1.82) is 0 Å². The zero-order valence-electron chi connectivity index (χ0n) is 6.00. The number of hydrogen-bond donors (Lipinski definition) is 0. The first-order valence-corrected chi connectivity index (χ1v) is 5.44. The molecule has 1 rings (SSSR count). The Kier molecular flexibility index (Phi) is 3.54. The summed E-state index contributed by atoms with van der Waals surface area (Å²) in [6, 6.07) is 3.14. The van der Waals surface area contributed by atoms with Crippen LogP contribution in [-0.4, -0.2) is 0 Å². The normalized spacial score (nSPS) is 10.2. The van der Waals surface area contributed by atoms with E-state index in [1.165, 1.54) is 5.56 Å². The Labute approximate surface area is 92.9 Å². The van der Waals surface area contributed by atoms with Crippen LogP contribution >= 0.6 is 45.2 Å². The third kappa shape index (κ3) is 2.27. The SMILES string of the molecule is CCc1c(I)cc(F)cc1I. The zero-order chi connectivity index (χ0) is 8.43. The van der Waals surface area contributed by atoms with E-state index in [0.29, 0.717) is 0 Å². The summed E-state index contributed by atoms with van der Waals surface area (Å²) in [6.45, 7) is 2.08. The highest BCUT2D eigenvalue weighted by molar-refractivity contribution is 14.1. The Hall–Kier alpha value is 0.610. The molecule has 0 nitrogen and oxygen atoms in total. The van der Waals surface area contributed by atoms with Crippen molar-refractivity contribution in [3.63, 3.8) is 0 Å². The number of benzene rings is 1. The molecular formula is C8H7FI2. The summed E-state index contributed by atoms with van der Waals surface area (Å²) in [7, 11) is 0. The average Bonchev–Trinajstić information content (AvgIpc) is 1.85. The third-order valence-electron chi connectivity index (χ3n) is 1.46. The van der Waals surface area contributed by atoms with Crippen molar-refractivity contribution in [2.75, 3.05) is 0 Å². The molecule has 0 heterocycles. The Balaban J connectivity index is 3.25. The van der Waals surface area contributed by atoms with Crippen LogP contribution in [0.4, 0.5) is 4.39 Å². The van der Waals surface area contributed by atoms with Gasteiger partial charge in [-0.1, -0.05) is 6.92 Å². The van der Waals surface area contributed by atoms with Crippen molar-refractivity contribution >= 4 is 45.2 Å². The molecule has 3 heteroatoms. The van der Waals surface area contributed by atoms with E-state index in [9.17, 15) is 4.39 Å². The number of hydrogen-bond acceptors (Lipinski definition) is 0. The van der Waals surface area contributed by atoms with Crippen molar-refractivity contribution < 1.29 is 4.39 Å². The Morgan fingerprint density at radius 1 is 1.27 bits per heavy atom. The van der Waals surface area contributed by atoms with Gasteiger partial charge in [0.2, 0.25) is 0 Å². The van der Waals surface area contributed by atoms with E-state index in [0.717, 1.165) is 13.6 Å². The molecule has 60 valence electrons. The standard InChI is InChI=1S/C8H7FI2/c1-2-6-7(10)3-5(9)4-8(6)11/h3-4H,2H2,1H3. The fourth-order valence-corrected chi connectivity index (χ4v) is 3.36. The van der Waals surface area contributed by atoms with Gasteiger partial charge in [0.05, 0.1) is 0 Å². The second-order valence-corrected chi connectivity index (χ2v) is 4.53. The average molecular weight is 376 g/mol. The Morgan fingerprint density at radius 3 is 2.09 bits per heavy atom. The summed E-state index contributed by atoms with van der Waals surface area (Å²) in [5, 5.41) is 0. The first-order valence-electron chi connectivity index (χ1n) is 3.28. The summed E-state index contributed by atoms with van der Waals surface area (Å²) in [5.74, 6) is -0.143. The first-order chi connectivity index (χ1) is 5.15. The van der Waals surface area contributed by atoms with Crippen LogP contribution in [-0.2, 0) is 6.42 Å². The van der Waals surface area contributed by atoms with Gasteiger partial charge in [0, 0.05) is 7.14 Å². The highest BCUT2D eigenvalue weighted by Gasteiger charge is 2.04. The lowest BCUT2D eigenvalue weighted by molar-refractivity contribution is 0.624. The lowest BCUT2D eigenvalue weighted by Crippen LogP contribution is -1.92. The van der Waals surface area contributed by atoms with Crippen LogP contribution in [0.5, 0.6) is 0 Å². The quantitative estimate of drug-likeness (QED) is 0.658. The molecule has 0 aromatic heterocycles. The maximum Gasteiger partial charge on any atom is 0.125 e. The highest BCUT2D eigenvalue weighted by Crippen LogP contribution is 2.20. The summed E-state index contributed by atoms with van der Waals surface area (Å²) in [5.41, 5.74) is 1.24. The molecule has 0 bridgehead atoms. The van der Waals surface area contributed by atoms with Gasteiger partial charge < -0.3 is 0 Å². The predicted octanol–water partition coefficient (Wildman–Crippen LogP) is 3.60. The monoisotopic (exact) mass is 376 g/mol. The first kappa shape index (κ1) is 9.70. The molecule has 0 amide bonds. The van der Waals surface area contributed by atoms with Gasteiger partial charge >= 0.3 is 0 Å². The highest BCUT2D eigenvalue weighted by atomic mass is 127. The maximum absolute atomic E-state index is 12.7. The number of rotatable bonds is 1. The lowest BCUT2D eigenvalue weighted by atomic mass is 10.2. The molecule has 1 aromatic rings. The molecule has 0 spiro atoms. The van der Waals surface area contributed by atoms with Gasteiger partial charge in [0.1, 0.15) is 5.82 Å². The molecular weight excluding hydrogens is 369 g/mol. The van der Waals surface area contributed by atoms with Gasteiger partial charge in [-0.15, -0.1) is 0 Å². The van der Waals surface area contributed by atoms with Gasteiger partial charge in [0.15, 0.2) is 0 Å². The second kappa shape index (κ2) is 4.02. The van der Waals surface area contributed by atoms with Crippen LogP contribution in [0.2, 0.25) is 0 Å². The minimum absolute atomic E-state index is 0.143. The van der Waals surface area contributed by atoms with E-state index >= 15 is 0 Å². The van der Waals surface area contributed by atoms with Crippen molar-refractivity contribution in [3.8, 4) is 0 Å². The van der Waals surface area contributed by atoms with Gasteiger partial charge in [-0.05, 0) is 69.3 Å². The molecule has 1 aromatic carbocycles. The third-order valence-corrected chi connectivity index (χ3v) is 3.38. The molecule has 0 saturated heterocycles. The van der Waals surface area contributed by atoms with Crippen molar-refractivity contribution in [1.82, 2.24) is 0 Å². The van der Waals surface area contributed by atoms with Crippen molar-refractivity contribution in [2.45, 2.75) is 13.3 Å². The minimum Gasteiger partial charge on any atom is -0.207 e. The largest absolute Gasteiger partial charge is 0.207 e. The van der Waals surface area contributed by atoms with E-state index in [-0.39, 0.29) is 5.82 Å². The Morgan fingerprint density at radius 2 is 1.73 bits per heavy atom. The molecule has 11 heavy (non-hydrogen) atoms.